The fraction of sp³-hybridized carbons (Fsp3) is 0.786. The molecular weight excluding hydrogens is 230 g/mol. The van der Waals surface area contributed by atoms with Crippen LogP contribution in [0.2, 0.25) is 0 Å². The van der Waals surface area contributed by atoms with Crippen LogP contribution in [0, 0.1) is 12.8 Å². The van der Waals surface area contributed by atoms with Crippen molar-refractivity contribution in [1.29, 1.82) is 0 Å². The molecule has 0 aromatic carbocycles. The van der Waals surface area contributed by atoms with Gasteiger partial charge in [-0.3, -0.25) is 0 Å². The zero-order valence-electron chi connectivity index (χ0n) is 10.9. The fourth-order valence-corrected chi connectivity index (χ4v) is 3.53. The smallest absolute Gasteiger partial charge is 0.0897 e. The van der Waals surface area contributed by atoms with E-state index in [-0.39, 0.29) is 0 Å². The number of aliphatic hydroxyl groups is 1. The molecule has 0 spiro atoms. The minimum atomic E-state index is -0.481. The van der Waals surface area contributed by atoms with Crippen LogP contribution in [0.5, 0.6) is 0 Å². The van der Waals surface area contributed by atoms with Crippen LogP contribution in [-0.2, 0) is 6.42 Å². The lowest BCUT2D eigenvalue weighted by atomic mass is 9.75. The molecule has 0 radical (unpaired) electrons. The van der Waals surface area contributed by atoms with Crippen molar-refractivity contribution in [3.63, 3.8) is 0 Å². The molecule has 0 unspecified atom stereocenters. The third-order valence-corrected chi connectivity index (χ3v) is 4.73. The Morgan fingerprint density at radius 2 is 2.18 bits per heavy atom. The summed E-state index contributed by atoms with van der Waals surface area (Å²) in [5.41, 5.74) is 0.592. The Morgan fingerprint density at radius 1 is 1.47 bits per heavy atom. The molecule has 1 N–H and O–H groups in total. The molecule has 17 heavy (non-hydrogen) atoms. The molecule has 1 aromatic rings. The Hall–Kier alpha value is -0.410. The third-order valence-electron chi connectivity index (χ3n) is 3.91. The molecule has 96 valence electrons. The quantitative estimate of drug-likeness (QED) is 0.887. The van der Waals surface area contributed by atoms with Crippen molar-refractivity contribution >= 4 is 11.3 Å². The first-order chi connectivity index (χ1) is 8.11. The largest absolute Gasteiger partial charge is 0.389 e. The predicted octanol–water partition coefficient (Wildman–Crippen LogP) is 3.72. The third kappa shape index (κ3) is 3.52. The van der Waals surface area contributed by atoms with Crippen LogP contribution in [0.3, 0.4) is 0 Å². The van der Waals surface area contributed by atoms with Crippen molar-refractivity contribution in [3.8, 4) is 0 Å². The lowest BCUT2D eigenvalue weighted by molar-refractivity contribution is -0.0105. The number of rotatable bonds is 4. The van der Waals surface area contributed by atoms with Crippen LogP contribution in [0.1, 0.15) is 56.2 Å². The van der Waals surface area contributed by atoms with Crippen LogP contribution >= 0.6 is 11.3 Å². The molecule has 0 atom stereocenters. The van der Waals surface area contributed by atoms with Gasteiger partial charge in [0.15, 0.2) is 0 Å². The second-order valence-corrected chi connectivity index (χ2v) is 6.55. The van der Waals surface area contributed by atoms with E-state index in [1.54, 1.807) is 11.3 Å². The first-order valence-corrected chi connectivity index (χ1v) is 7.63. The van der Waals surface area contributed by atoms with Crippen molar-refractivity contribution in [2.45, 2.75) is 64.4 Å². The van der Waals surface area contributed by atoms with Gasteiger partial charge in [-0.25, -0.2) is 4.98 Å². The second-order valence-electron chi connectivity index (χ2n) is 5.49. The van der Waals surface area contributed by atoms with E-state index in [1.165, 1.54) is 25.7 Å². The van der Waals surface area contributed by atoms with E-state index in [9.17, 15) is 5.11 Å². The molecule has 3 heteroatoms. The predicted molar refractivity (Wildman–Crippen MR) is 72.4 cm³/mol. The van der Waals surface area contributed by atoms with Crippen LogP contribution in [0.25, 0.3) is 0 Å². The number of aryl methyl sites for hydroxylation is 1. The maximum atomic E-state index is 10.6. The summed E-state index contributed by atoms with van der Waals surface area (Å²) in [4.78, 5) is 4.46. The van der Waals surface area contributed by atoms with E-state index in [4.69, 9.17) is 0 Å². The molecular formula is C14H23NOS. The highest BCUT2D eigenvalue weighted by molar-refractivity contribution is 7.09. The molecule has 0 aliphatic heterocycles. The highest BCUT2D eigenvalue weighted by Gasteiger charge is 2.33. The number of thiazole rings is 1. The second kappa shape index (κ2) is 5.49. The Balaban J connectivity index is 1.89. The van der Waals surface area contributed by atoms with Gasteiger partial charge in [-0.1, -0.05) is 19.8 Å². The summed E-state index contributed by atoms with van der Waals surface area (Å²) in [5.74, 6) is 0.845. The number of aromatic nitrogens is 1. The molecule has 1 fully saturated rings. The summed E-state index contributed by atoms with van der Waals surface area (Å²) in [6, 6.07) is 0. The fourth-order valence-electron chi connectivity index (χ4n) is 2.92. The Bertz CT molecular complexity index is 353. The van der Waals surface area contributed by atoms with Gasteiger partial charge in [0, 0.05) is 11.8 Å². The van der Waals surface area contributed by atoms with Crippen molar-refractivity contribution in [3.05, 3.63) is 16.1 Å². The van der Waals surface area contributed by atoms with Gasteiger partial charge < -0.3 is 5.11 Å². The molecule has 0 saturated heterocycles. The Morgan fingerprint density at radius 3 is 2.71 bits per heavy atom. The minimum absolute atomic E-state index is 0.481. The summed E-state index contributed by atoms with van der Waals surface area (Å²) in [5, 5.41) is 13.8. The SMILES string of the molecule is CCCC1CCC(O)(Cc2csc(C)n2)CC1. The van der Waals surface area contributed by atoms with E-state index >= 15 is 0 Å². The number of hydrogen-bond donors (Lipinski definition) is 1. The standard InChI is InChI=1S/C14H23NOS/c1-3-4-12-5-7-14(16,8-6-12)9-13-10-17-11(2)15-13/h10,12,16H,3-9H2,1-2H3. The van der Waals surface area contributed by atoms with Crippen molar-refractivity contribution in [1.82, 2.24) is 4.98 Å². The molecule has 0 bridgehead atoms. The van der Waals surface area contributed by atoms with E-state index in [1.807, 2.05) is 6.92 Å². The zero-order valence-corrected chi connectivity index (χ0v) is 11.7. The average molecular weight is 253 g/mol. The molecule has 2 nitrogen and oxygen atoms in total. The zero-order chi connectivity index (χ0) is 12.3. The molecule has 2 rings (SSSR count). The number of hydrogen-bond acceptors (Lipinski definition) is 3. The molecule has 1 heterocycles. The normalized spacial score (nSPS) is 29.5. The van der Waals surface area contributed by atoms with Crippen LogP contribution in [-0.4, -0.2) is 15.7 Å². The summed E-state index contributed by atoms with van der Waals surface area (Å²) in [6.07, 6.45) is 7.62. The van der Waals surface area contributed by atoms with Gasteiger partial charge in [0.05, 0.1) is 16.3 Å². The molecule has 1 aliphatic carbocycles. The minimum Gasteiger partial charge on any atom is -0.389 e. The van der Waals surface area contributed by atoms with Gasteiger partial charge in [-0.15, -0.1) is 11.3 Å². The van der Waals surface area contributed by atoms with Crippen molar-refractivity contribution < 1.29 is 5.11 Å². The van der Waals surface area contributed by atoms with Crippen LogP contribution in [0.15, 0.2) is 5.38 Å². The van der Waals surface area contributed by atoms with E-state index in [0.29, 0.717) is 0 Å². The topological polar surface area (TPSA) is 33.1 Å². The first kappa shape index (κ1) is 13.0. The lowest BCUT2D eigenvalue weighted by Crippen LogP contribution is -2.36. The summed E-state index contributed by atoms with van der Waals surface area (Å²) in [7, 11) is 0. The maximum Gasteiger partial charge on any atom is 0.0897 e. The van der Waals surface area contributed by atoms with Gasteiger partial charge >= 0.3 is 0 Å². The monoisotopic (exact) mass is 253 g/mol. The molecule has 1 aliphatic rings. The van der Waals surface area contributed by atoms with E-state index < -0.39 is 5.60 Å². The maximum absolute atomic E-state index is 10.6. The lowest BCUT2D eigenvalue weighted by Gasteiger charge is -2.35. The molecule has 1 aromatic heterocycles. The van der Waals surface area contributed by atoms with Gasteiger partial charge in [0.2, 0.25) is 0 Å². The Kier molecular flexibility index (Phi) is 4.21. The van der Waals surface area contributed by atoms with Gasteiger partial charge in [0.1, 0.15) is 0 Å². The highest BCUT2D eigenvalue weighted by Crippen LogP contribution is 2.36. The van der Waals surface area contributed by atoms with Gasteiger partial charge in [-0.05, 0) is 38.5 Å². The van der Waals surface area contributed by atoms with Gasteiger partial charge in [-0.2, -0.15) is 0 Å². The Labute approximate surface area is 108 Å². The molecule has 1 saturated carbocycles. The number of nitrogens with zero attached hydrogens (tertiary/aromatic N) is 1. The van der Waals surface area contributed by atoms with Crippen LogP contribution in [0.4, 0.5) is 0 Å². The van der Waals surface area contributed by atoms with Crippen molar-refractivity contribution in [2.75, 3.05) is 0 Å². The van der Waals surface area contributed by atoms with E-state index in [2.05, 4.69) is 17.3 Å². The summed E-state index contributed by atoms with van der Waals surface area (Å²) in [6.45, 7) is 4.27. The highest BCUT2D eigenvalue weighted by atomic mass is 32.1. The van der Waals surface area contributed by atoms with E-state index in [0.717, 1.165) is 35.9 Å². The van der Waals surface area contributed by atoms with Crippen LogP contribution < -0.4 is 0 Å². The summed E-state index contributed by atoms with van der Waals surface area (Å²) < 4.78 is 0. The van der Waals surface area contributed by atoms with Gasteiger partial charge in [0.25, 0.3) is 0 Å². The average Bonchev–Trinajstić information content (AvgIpc) is 2.68. The first-order valence-electron chi connectivity index (χ1n) is 6.75. The van der Waals surface area contributed by atoms with Crippen molar-refractivity contribution in [2.24, 2.45) is 5.92 Å². The summed E-state index contributed by atoms with van der Waals surface area (Å²) >= 11 is 1.68. The molecule has 0 amide bonds.